The third kappa shape index (κ3) is 1.95. The summed E-state index contributed by atoms with van der Waals surface area (Å²) >= 11 is 0. The molecule has 0 aromatic carbocycles. The number of ether oxygens (including phenoxy) is 1. The maximum Gasteiger partial charge on any atom is 0.0596 e. The van der Waals surface area contributed by atoms with Gasteiger partial charge in [0.25, 0.3) is 0 Å². The van der Waals surface area contributed by atoms with Gasteiger partial charge in [-0.3, -0.25) is 0 Å². The average Bonchev–Trinajstić information content (AvgIpc) is 1.88. The van der Waals surface area contributed by atoms with Crippen molar-refractivity contribution in [3.8, 4) is 0 Å². The Kier molecular flexibility index (Phi) is 2.49. The fourth-order valence-corrected chi connectivity index (χ4v) is 1.17. The molecule has 0 saturated heterocycles. The number of aliphatic hydroxyl groups is 1. The van der Waals surface area contributed by atoms with Crippen LogP contribution in [0.2, 0.25) is 0 Å². The normalized spacial score (nSPS) is 36.7. The maximum atomic E-state index is 9.08. The lowest BCUT2D eigenvalue weighted by atomic mass is 9.95. The summed E-state index contributed by atoms with van der Waals surface area (Å²) in [5.74, 6) is 0. The topological polar surface area (TPSA) is 29.5 Å². The summed E-state index contributed by atoms with van der Waals surface area (Å²) in [6, 6.07) is 0. The first-order chi connectivity index (χ1) is 4.33. The van der Waals surface area contributed by atoms with Crippen LogP contribution in [0, 0.1) is 6.42 Å². The van der Waals surface area contributed by atoms with Crippen molar-refractivity contribution in [2.75, 3.05) is 7.11 Å². The summed E-state index contributed by atoms with van der Waals surface area (Å²) in [6.45, 7) is 0. The van der Waals surface area contributed by atoms with Crippen LogP contribution in [-0.4, -0.2) is 24.4 Å². The highest BCUT2D eigenvalue weighted by molar-refractivity contribution is 4.84. The number of aliphatic hydroxyl groups excluding tert-OH is 1. The zero-order chi connectivity index (χ0) is 6.69. The Labute approximate surface area is 55.8 Å². The Hall–Kier alpha value is -0.0800. The highest BCUT2D eigenvalue weighted by Gasteiger charge is 2.19. The largest absolute Gasteiger partial charge is 0.393 e. The second-order valence-corrected chi connectivity index (χ2v) is 2.47. The predicted molar refractivity (Wildman–Crippen MR) is 35.0 cm³/mol. The van der Waals surface area contributed by atoms with Gasteiger partial charge in [-0.25, -0.2) is 0 Å². The molecule has 2 nitrogen and oxygen atoms in total. The molecule has 0 heterocycles. The van der Waals surface area contributed by atoms with Gasteiger partial charge < -0.3 is 9.84 Å². The quantitative estimate of drug-likeness (QED) is 0.566. The van der Waals surface area contributed by atoms with Gasteiger partial charge in [0, 0.05) is 7.11 Å². The lowest BCUT2D eigenvalue weighted by molar-refractivity contribution is 0.0324. The van der Waals surface area contributed by atoms with E-state index in [0.717, 1.165) is 19.3 Å². The second kappa shape index (κ2) is 3.18. The fourth-order valence-electron chi connectivity index (χ4n) is 1.17. The first-order valence-corrected chi connectivity index (χ1v) is 3.37. The van der Waals surface area contributed by atoms with Crippen molar-refractivity contribution >= 4 is 0 Å². The van der Waals surface area contributed by atoms with Gasteiger partial charge in [-0.1, -0.05) is 0 Å². The molecule has 2 heteroatoms. The van der Waals surface area contributed by atoms with Gasteiger partial charge in [-0.15, -0.1) is 0 Å². The van der Waals surface area contributed by atoms with Crippen LogP contribution in [0.3, 0.4) is 0 Å². The predicted octanol–water partition coefficient (Wildman–Crippen LogP) is 0.750. The van der Waals surface area contributed by atoms with Crippen LogP contribution in [0.4, 0.5) is 0 Å². The Morgan fingerprint density at radius 1 is 1.67 bits per heavy atom. The molecule has 0 bridgehead atoms. The van der Waals surface area contributed by atoms with Crippen LogP contribution >= 0.6 is 0 Å². The lowest BCUT2D eigenvalue weighted by Gasteiger charge is -2.23. The van der Waals surface area contributed by atoms with Crippen LogP contribution in [0.5, 0.6) is 0 Å². The Balaban J connectivity index is 2.23. The van der Waals surface area contributed by atoms with Gasteiger partial charge in [0.1, 0.15) is 0 Å². The first-order valence-electron chi connectivity index (χ1n) is 3.37. The Bertz CT molecular complexity index is 83.0. The van der Waals surface area contributed by atoms with Gasteiger partial charge in [0.15, 0.2) is 0 Å². The summed E-state index contributed by atoms with van der Waals surface area (Å²) in [6.07, 6.45) is 4.81. The van der Waals surface area contributed by atoms with E-state index in [4.69, 9.17) is 9.84 Å². The number of rotatable bonds is 1. The molecule has 1 radical (unpaired) electrons. The zero-order valence-electron chi connectivity index (χ0n) is 5.71. The molecular weight excluding hydrogens is 116 g/mol. The SMILES string of the molecule is COC1CC[CH]C(O)C1. The molecule has 1 aliphatic carbocycles. The van der Waals surface area contributed by atoms with Crippen LogP contribution in [0.15, 0.2) is 0 Å². The summed E-state index contributed by atoms with van der Waals surface area (Å²) in [4.78, 5) is 0. The zero-order valence-corrected chi connectivity index (χ0v) is 5.71. The second-order valence-electron chi connectivity index (χ2n) is 2.47. The van der Waals surface area contributed by atoms with E-state index in [0.29, 0.717) is 0 Å². The maximum absolute atomic E-state index is 9.08. The van der Waals surface area contributed by atoms with Crippen molar-refractivity contribution < 1.29 is 9.84 Å². The highest BCUT2D eigenvalue weighted by atomic mass is 16.5. The third-order valence-electron chi connectivity index (χ3n) is 1.77. The van der Waals surface area contributed by atoms with Crippen molar-refractivity contribution in [3.05, 3.63) is 6.42 Å². The minimum Gasteiger partial charge on any atom is -0.393 e. The molecule has 0 aliphatic heterocycles. The van der Waals surface area contributed by atoms with E-state index in [1.165, 1.54) is 0 Å². The molecule has 0 amide bonds. The van der Waals surface area contributed by atoms with E-state index in [1.54, 1.807) is 7.11 Å². The Morgan fingerprint density at radius 2 is 2.44 bits per heavy atom. The smallest absolute Gasteiger partial charge is 0.0596 e. The standard InChI is InChI=1S/C7H13O2/c1-9-7-4-2-3-6(8)5-7/h3,6-8H,2,4-5H2,1H3. The minimum atomic E-state index is -0.233. The highest BCUT2D eigenvalue weighted by Crippen LogP contribution is 2.18. The molecule has 2 atom stereocenters. The van der Waals surface area contributed by atoms with Crippen LogP contribution in [-0.2, 0) is 4.74 Å². The molecule has 2 unspecified atom stereocenters. The minimum absolute atomic E-state index is 0.233. The van der Waals surface area contributed by atoms with E-state index in [1.807, 2.05) is 6.42 Å². The molecular formula is C7H13O2. The molecule has 1 aliphatic rings. The number of hydrogen-bond acceptors (Lipinski definition) is 2. The molecule has 53 valence electrons. The number of methoxy groups -OCH3 is 1. The van der Waals surface area contributed by atoms with Crippen LogP contribution < -0.4 is 0 Å². The van der Waals surface area contributed by atoms with Crippen molar-refractivity contribution in [2.45, 2.75) is 31.5 Å². The van der Waals surface area contributed by atoms with Gasteiger partial charge in [-0.05, 0) is 25.7 Å². The fraction of sp³-hybridized carbons (Fsp3) is 0.857. The van der Waals surface area contributed by atoms with Crippen molar-refractivity contribution in [1.82, 2.24) is 0 Å². The summed E-state index contributed by atoms with van der Waals surface area (Å²) in [5, 5.41) is 9.08. The van der Waals surface area contributed by atoms with E-state index < -0.39 is 0 Å². The Morgan fingerprint density at radius 3 is 2.89 bits per heavy atom. The van der Waals surface area contributed by atoms with Crippen molar-refractivity contribution in [1.29, 1.82) is 0 Å². The van der Waals surface area contributed by atoms with Gasteiger partial charge in [0.05, 0.1) is 12.2 Å². The third-order valence-corrected chi connectivity index (χ3v) is 1.77. The van der Waals surface area contributed by atoms with Crippen LogP contribution in [0.1, 0.15) is 19.3 Å². The molecule has 0 spiro atoms. The summed E-state index contributed by atoms with van der Waals surface area (Å²) in [7, 11) is 1.70. The molecule has 9 heavy (non-hydrogen) atoms. The molecule has 0 aromatic rings. The van der Waals surface area contributed by atoms with Crippen LogP contribution in [0.25, 0.3) is 0 Å². The summed E-state index contributed by atoms with van der Waals surface area (Å²) in [5.41, 5.74) is 0. The lowest BCUT2D eigenvalue weighted by Crippen LogP contribution is -2.25. The first kappa shape index (κ1) is 7.03. The molecule has 1 fully saturated rings. The molecule has 0 aromatic heterocycles. The average molecular weight is 129 g/mol. The molecule has 1 saturated carbocycles. The molecule has 1 rings (SSSR count). The van der Waals surface area contributed by atoms with Gasteiger partial charge >= 0.3 is 0 Å². The van der Waals surface area contributed by atoms with Gasteiger partial charge in [-0.2, -0.15) is 0 Å². The molecule has 1 N–H and O–H groups in total. The number of hydrogen-bond donors (Lipinski definition) is 1. The summed E-state index contributed by atoms with van der Waals surface area (Å²) < 4.78 is 5.08. The van der Waals surface area contributed by atoms with E-state index in [2.05, 4.69) is 0 Å². The van der Waals surface area contributed by atoms with Crippen molar-refractivity contribution in [3.63, 3.8) is 0 Å². The van der Waals surface area contributed by atoms with E-state index in [-0.39, 0.29) is 12.2 Å². The van der Waals surface area contributed by atoms with E-state index in [9.17, 15) is 0 Å². The van der Waals surface area contributed by atoms with Gasteiger partial charge in [0.2, 0.25) is 0 Å². The monoisotopic (exact) mass is 129 g/mol. The van der Waals surface area contributed by atoms with E-state index >= 15 is 0 Å². The van der Waals surface area contributed by atoms with Crippen molar-refractivity contribution in [2.24, 2.45) is 0 Å².